The molecular weight excluding hydrogens is 1510 g/mol. The van der Waals surface area contributed by atoms with Crippen LogP contribution in [0.1, 0.15) is 143 Å². The number of aliphatic carboxylic acids is 1. The summed E-state index contributed by atoms with van der Waals surface area (Å²) in [5.41, 5.74) is 29.4. The minimum atomic E-state index is -1.73. The molecule has 40 heteroatoms. The van der Waals surface area contributed by atoms with Crippen LogP contribution >= 0.6 is 11.8 Å². The standard InChI is InChI=1S/C74H113N19O20S/c1-37(2)30-52(69(108)86-49(16-11-12-27-75)66(105)81-36-59(98)82-39(5)63(102)84-48(62(79)101)23-25-60(99)100)90-71(110)54(32-42-18-20-44(95)21-19-42)91-70(109)53(31-38(3)4)89-68(107)51(26-29-114-8)85-64(103)40(6)83-67(106)50(22-24-57(77)96)87-73(112)56-17-13-28-93(56)74(113)61(41(7)94)92-72(111)55(88-65(104)46(76)34-58(78)97)33-43-35-80-47-15-10-9-14-45(43)47/h9-10,14-15,18-21,35,37-41,46,48-56,61,80,94-95H,11-13,16-17,22-34,36,75-76H2,1-8H3,(H2,77,96)(H2,78,97)(H2,79,101)(H,81,105)(H,82,98)(H,83,106)(H,84,102)(H,85,103)(H,86,108)(H,87,112)(H,88,104)(H,89,107)(H,90,110)(H,91,109)(H,92,111)(H,99,100). The zero-order valence-electron chi connectivity index (χ0n) is 65.4. The number of hydrogen-bond acceptors (Lipinski definition) is 22. The van der Waals surface area contributed by atoms with Crippen molar-refractivity contribution in [1.82, 2.24) is 73.7 Å². The summed E-state index contributed by atoms with van der Waals surface area (Å²) in [7, 11) is 0. The minimum absolute atomic E-state index is 0.00305. The first kappa shape index (κ1) is 95.4. The lowest BCUT2D eigenvalue weighted by Gasteiger charge is -2.32. The highest BCUT2D eigenvalue weighted by molar-refractivity contribution is 7.98. The van der Waals surface area contributed by atoms with Crippen molar-refractivity contribution < 1.29 is 96.8 Å². The van der Waals surface area contributed by atoms with Crippen LogP contribution in [0.3, 0.4) is 0 Å². The number of carboxylic acids is 1. The van der Waals surface area contributed by atoms with E-state index >= 15 is 0 Å². The number of phenols is 1. The number of carbonyl (C=O) groups is 17. The number of carboxylic acid groups (broad SMARTS) is 1. The third-order valence-electron chi connectivity index (χ3n) is 18.5. The molecule has 1 saturated heterocycles. The molecule has 0 radical (unpaired) electrons. The predicted octanol–water partition coefficient (Wildman–Crippen LogP) is -4.69. The number of nitrogens with zero attached hydrogens (tertiary/aromatic N) is 1. The van der Waals surface area contributed by atoms with Crippen LogP contribution in [0.2, 0.25) is 0 Å². The Hall–Kier alpha value is -11.0. The largest absolute Gasteiger partial charge is 0.508 e. The normalized spacial score (nSPS) is 16.0. The number of primary amides is 3. The van der Waals surface area contributed by atoms with Crippen molar-refractivity contribution in [2.45, 2.75) is 229 Å². The van der Waals surface area contributed by atoms with Crippen LogP contribution in [-0.2, 0) is 94.3 Å². The zero-order chi connectivity index (χ0) is 85.2. The van der Waals surface area contributed by atoms with Gasteiger partial charge in [-0.1, -0.05) is 58.0 Å². The van der Waals surface area contributed by atoms with Gasteiger partial charge < -0.3 is 118 Å². The number of nitrogens with one attached hydrogen (secondary N) is 13. The molecule has 26 N–H and O–H groups in total. The number of H-pyrrole nitrogens is 1. The molecule has 4 rings (SSSR count). The number of unbranched alkanes of at least 4 members (excludes halogenated alkanes) is 1. The first-order valence-electron chi connectivity index (χ1n) is 37.7. The van der Waals surface area contributed by atoms with Crippen molar-refractivity contribution in [3.8, 4) is 5.75 Å². The number of phenolic OH excluding ortho intramolecular Hbond substituents is 1. The fourth-order valence-corrected chi connectivity index (χ4v) is 12.8. The highest BCUT2D eigenvalue weighted by atomic mass is 32.2. The molecule has 2 aromatic carbocycles. The van der Waals surface area contributed by atoms with E-state index in [1.165, 1.54) is 56.8 Å². The van der Waals surface area contributed by atoms with Crippen LogP contribution in [-0.4, -0.2) is 242 Å². The molecule has 630 valence electrons. The van der Waals surface area contributed by atoms with Gasteiger partial charge in [0.25, 0.3) is 0 Å². The summed E-state index contributed by atoms with van der Waals surface area (Å²) in [5, 5.41) is 61.4. The molecule has 1 aromatic heterocycles. The van der Waals surface area contributed by atoms with Crippen LogP contribution in [0.25, 0.3) is 10.9 Å². The number of rotatable bonds is 50. The van der Waals surface area contributed by atoms with Crippen molar-refractivity contribution in [2.75, 3.05) is 31.6 Å². The van der Waals surface area contributed by atoms with Crippen molar-refractivity contribution in [1.29, 1.82) is 0 Å². The van der Waals surface area contributed by atoms with Crippen molar-refractivity contribution in [3.05, 3.63) is 65.9 Å². The fourth-order valence-electron chi connectivity index (χ4n) is 12.3. The number of aliphatic hydroxyl groups excluding tert-OH is 1. The SMILES string of the molecule is CSCCC(NC(=O)C(C)NC(=O)C(CCC(N)=O)NC(=O)C1CCCN1C(=O)C(NC(=O)C(Cc1c[nH]c2ccccc12)NC(=O)C(N)CC(N)=O)C(C)O)C(=O)NC(CC(C)C)C(=O)NC(Cc1ccc(O)cc1)C(=O)NC(CC(C)C)C(=O)NC(CCCCN)C(=O)NCC(=O)NC(C)C(=O)NC(CCC(=O)O)C(N)=O. The molecule has 0 bridgehead atoms. The van der Waals surface area contributed by atoms with E-state index in [-0.39, 0.29) is 94.2 Å². The predicted molar refractivity (Wildman–Crippen MR) is 417 cm³/mol. The summed E-state index contributed by atoms with van der Waals surface area (Å²) in [6.07, 6.45) is -0.0352. The number of carbonyl (C=O) groups excluding carboxylic acids is 16. The second-order valence-electron chi connectivity index (χ2n) is 29.0. The molecule has 1 aliphatic heterocycles. The van der Waals surface area contributed by atoms with Crippen molar-refractivity contribution >= 4 is 123 Å². The van der Waals surface area contributed by atoms with Crippen LogP contribution < -0.4 is 92.5 Å². The number of hydrogen-bond donors (Lipinski definition) is 21. The van der Waals surface area contributed by atoms with Crippen LogP contribution in [0.5, 0.6) is 5.75 Å². The van der Waals surface area contributed by atoms with E-state index in [1.807, 2.05) is 0 Å². The highest BCUT2D eigenvalue weighted by Gasteiger charge is 2.43. The lowest BCUT2D eigenvalue weighted by Crippen LogP contribution is -2.61. The fraction of sp³-hybridized carbons (Fsp3) is 0.581. The number of thioether (sulfide) groups is 1. The Kier molecular flexibility index (Phi) is 39.7. The Labute approximate surface area is 664 Å². The van der Waals surface area contributed by atoms with E-state index < -0.39 is 217 Å². The van der Waals surface area contributed by atoms with E-state index in [1.54, 1.807) is 64.4 Å². The summed E-state index contributed by atoms with van der Waals surface area (Å²) >= 11 is 1.31. The second kappa shape index (κ2) is 47.5. The van der Waals surface area contributed by atoms with Crippen LogP contribution in [0.4, 0.5) is 0 Å². The summed E-state index contributed by atoms with van der Waals surface area (Å²) < 4.78 is 0. The molecule has 1 fully saturated rings. The number of aliphatic hydroxyl groups is 1. The maximum atomic E-state index is 14.7. The Morgan fingerprint density at radius 1 is 0.553 bits per heavy atom. The monoisotopic (exact) mass is 1620 g/mol. The Morgan fingerprint density at radius 2 is 1.06 bits per heavy atom. The number of aromatic nitrogens is 1. The van der Waals surface area contributed by atoms with Gasteiger partial charge in [-0.3, -0.25) is 81.5 Å². The van der Waals surface area contributed by atoms with E-state index in [0.29, 0.717) is 34.9 Å². The minimum Gasteiger partial charge on any atom is -0.508 e. The number of nitrogens with two attached hydrogens (primary N) is 5. The van der Waals surface area contributed by atoms with Gasteiger partial charge in [0, 0.05) is 49.3 Å². The number of aromatic amines is 1. The molecule has 14 atom stereocenters. The smallest absolute Gasteiger partial charge is 0.303 e. The zero-order valence-corrected chi connectivity index (χ0v) is 66.2. The van der Waals surface area contributed by atoms with E-state index in [4.69, 9.17) is 33.8 Å². The topological polar surface area (TPSA) is 644 Å². The maximum absolute atomic E-state index is 14.7. The van der Waals surface area contributed by atoms with Gasteiger partial charge in [-0.25, -0.2) is 0 Å². The van der Waals surface area contributed by atoms with Gasteiger partial charge in [-0.05, 0) is 145 Å². The quantitative estimate of drug-likeness (QED) is 0.0236. The molecule has 114 heavy (non-hydrogen) atoms. The molecule has 16 amide bonds. The lowest BCUT2D eigenvalue weighted by molar-refractivity contribution is -0.144. The summed E-state index contributed by atoms with van der Waals surface area (Å²) in [5.74, 6) is -16.2. The second-order valence-corrected chi connectivity index (χ2v) is 30.0. The summed E-state index contributed by atoms with van der Waals surface area (Å²) in [6, 6.07) is -5.93. The maximum Gasteiger partial charge on any atom is 0.303 e. The number of para-hydroxylation sites is 1. The molecular formula is C74H113N19O20S. The summed E-state index contributed by atoms with van der Waals surface area (Å²) in [6.45, 7) is 10.2. The Morgan fingerprint density at radius 3 is 1.63 bits per heavy atom. The Bertz CT molecular complexity index is 3860. The molecule has 1 aliphatic rings. The van der Waals surface area contributed by atoms with Gasteiger partial charge in [0.2, 0.25) is 94.5 Å². The number of amides is 16. The number of likely N-dealkylation sites (tertiary alicyclic amines) is 1. The van der Waals surface area contributed by atoms with E-state index in [0.717, 1.165) is 4.90 Å². The molecule has 2 heterocycles. The van der Waals surface area contributed by atoms with Crippen molar-refractivity contribution in [2.24, 2.45) is 40.5 Å². The van der Waals surface area contributed by atoms with Gasteiger partial charge in [0.15, 0.2) is 0 Å². The van der Waals surface area contributed by atoms with Crippen molar-refractivity contribution in [3.63, 3.8) is 0 Å². The number of benzene rings is 2. The first-order valence-corrected chi connectivity index (χ1v) is 39.1. The van der Waals surface area contributed by atoms with Gasteiger partial charge in [-0.15, -0.1) is 0 Å². The molecule has 3 aromatic rings. The lowest BCUT2D eigenvalue weighted by atomic mass is 9.99. The number of aromatic hydroxyl groups is 1. The molecule has 0 spiro atoms. The van der Waals surface area contributed by atoms with Gasteiger partial charge in [-0.2, -0.15) is 11.8 Å². The average molecular weight is 1620 g/mol. The molecule has 0 aliphatic carbocycles. The third-order valence-corrected chi connectivity index (χ3v) is 19.1. The van der Waals surface area contributed by atoms with Gasteiger partial charge >= 0.3 is 5.97 Å². The molecule has 39 nitrogen and oxygen atoms in total. The van der Waals surface area contributed by atoms with E-state index in [9.17, 15) is 91.7 Å². The molecule has 14 unspecified atom stereocenters. The third kappa shape index (κ3) is 32.2. The summed E-state index contributed by atoms with van der Waals surface area (Å²) in [4.78, 5) is 234. The highest BCUT2D eigenvalue weighted by Crippen LogP contribution is 2.23. The molecule has 0 saturated carbocycles. The number of fused-ring (bicyclic) bond motifs is 1. The van der Waals surface area contributed by atoms with Crippen LogP contribution in [0, 0.1) is 11.8 Å². The average Bonchev–Trinajstić information content (AvgIpc) is 1.58. The van der Waals surface area contributed by atoms with Gasteiger partial charge in [0.05, 0.1) is 25.1 Å². The first-order chi connectivity index (χ1) is 53.7. The van der Waals surface area contributed by atoms with Gasteiger partial charge in [0.1, 0.15) is 78.3 Å². The van der Waals surface area contributed by atoms with E-state index in [2.05, 4.69) is 68.8 Å². The van der Waals surface area contributed by atoms with Crippen LogP contribution in [0.15, 0.2) is 54.7 Å². The Balaban J connectivity index is 1.52.